The highest BCUT2D eigenvalue weighted by Crippen LogP contribution is 2.28. The van der Waals surface area contributed by atoms with Gasteiger partial charge in [-0.2, -0.15) is 0 Å². The summed E-state index contributed by atoms with van der Waals surface area (Å²) in [4.78, 5) is 24.8. The number of hydrogen-bond acceptors (Lipinski definition) is 5. The summed E-state index contributed by atoms with van der Waals surface area (Å²) < 4.78 is 12.0. The Bertz CT molecular complexity index is 852. The molecule has 0 amide bonds. The van der Waals surface area contributed by atoms with E-state index in [1.165, 1.54) is 18.4 Å². The number of rotatable bonds is 7. The highest BCUT2D eigenvalue weighted by Gasteiger charge is 2.06. The molecule has 0 radical (unpaired) electrons. The highest BCUT2D eigenvalue weighted by atomic mass is 32.1. The van der Waals surface area contributed by atoms with Gasteiger partial charge in [-0.3, -0.25) is 9.59 Å². The minimum atomic E-state index is -0.850. The zero-order valence-corrected chi connectivity index (χ0v) is 13.4. The first-order chi connectivity index (χ1) is 11.0. The van der Waals surface area contributed by atoms with Gasteiger partial charge in [0.2, 0.25) is 0 Å². The Labute approximate surface area is 136 Å². The van der Waals surface area contributed by atoms with E-state index in [2.05, 4.69) is 11.6 Å². The Kier molecular flexibility index (Phi) is 5.59. The fraction of sp³-hybridized carbons (Fsp3) is 0.250. The molecule has 0 spiro atoms. The molecule has 0 saturated carbocycles. The van der Waals surface area contributed by atoms with Gasteiger partial charge < -0.3 is 19.6 Å². The molecule has 2 N–H and O–H groups in total. The largest absolute Gasteiger partial charge is 0.493 e. The average Bonchev–Trinajstić information content (AvgIpc) is 2.82. The summed E-state index contributed by atoms with van der Waals surface area (Å²) >= 11 is 1.28. The fourth-order valence-electron chi connectivity index (χ4n) is 1.94. The molecular weight excluding hydrogens is 318 g/mol. The molecular formula is C16H17NO5S. The van der Waals surface area contributed by atoms with Crippen LogP contribution in [-0.2, 0) is 4.79 Å². The molecule has 0 unspecified atom stereocenters. The first kappa shape index (κ1) is 16.8. The number of H-pyrrole nitrogens is 1. The second kappa shape index (κ2) is 7.64. The Morgan fingerprint density at radius 2 is 2.22 bits per heavy atom. The second-order valence-corrected chi connectivity index (χ2v) is 5.88. The van der Waals surface area contributed by atoms with Crippen molar-refractivity contribution in [3.8, 4) is 11.5 Å². The number of aromatic amines is 1. The van der Waals surface area contributed by atoms with Crippen LogP contribution in [0.15, 0.2) is 23.0 Å². The van der Waals surface area contributed by atoms with Crippen molar-refractivity contribution in [2.75, 3.05) is 13.7 Å². The predicted octanol–water partition coefficient (Wildman–Crippen LogP) is 0.928. The van der Waals surface area contributed by atoms with E-state index < -0.39 is 5.97 Å². The van der Waals surface area contributed by atoms with E-state index in [0.29, 0.717) is 33.7 Å². The monoisotopic (exact) mass is 335 g/mol. The molecule has 0 saturated heterocycles. The number of ether oxygens (including phenoxy) is 2. The van der Waals surface area contributed by atoms with E-state index in [9.17, 15) is 9.59 Å². The first-order valence-corrected chi connectivity index (χ1v) is 7.73. The summed E-state index contributed by atoms with van der Waals surface area (Å²) in [5, 5.41) is 8.60. The molecule has 0 aliphatic carbocycles. The molecule has 122 valence electrons. The smallest absolute Gasteiger partial charge is 0.303 e. The van der Waals surface area contributed by atoms with E-state index in [1.807, 2.05) is 0 Å². The number of nitrogens with one attached hydrogen (secondary N) is 1. The van der Waals surface area contributed by atoms with Crippen LogP contribution in [0.3, 0.4) is 0 Å². The predicted molar refractivity (Wildman–Crippen MR) is 88.6 cm³/mol. The number of thiazole rings is 1. The Balaban J connectivity index is 2.18. The van der Waals surface area contributed by atoms with Gasteiger partial charge in [-0.05, 0) is 30.2 Å². The number of carbonyl (C=O) groups is 1. The third-order valence-corrected chi connectivity index (χ3v) is 3.86. The lowest BCUT2D eigenvalue weighted by Crippen LogP contribution is -2.19. The number of methoxy groups -OCH3 is 1. The Hall–Kier alpha value is -2.54. The number of benzene rings is 1. The molecule has 23 heavy (non-hydrogen) atoms. The van der Waals surface area contributed by atoms with Crippen LogP contribution in [-0.4, -0.2) is 29.8 Å². The van der Waals surface area contributed by atoms with Crippen molar-refractivity contribution < 1.29 is 19.4 Å². The van der Waals surface area contributed by atoms with Crippen LogP contribution in [0.25, 0.3) is 12.7 Å². The summed E-state index contributed by atoms with van der Waals surface area (Å²) in [6.07, 6.45) is 2.22. The molecule has 2 rings (SSSR count). The van der Waals surface area contributed by atoms with Crippen LogP contribution in [0.5, 0.6) is 11.5 Å². The zero-order valence-electron chi connectivity index (χ0n) is 12.6. The van der Waals surface area contributed by atoms with Gasteiger partial charge in [0.05, 0.1) is 22.9 Å². The van der Waals surface area contributed by atoms with Gasteiger partial charge in [0.15, 0.2) is 11.5 Å². The summed E-state index contributed by atoms with van der Waals surface area (Å²) in [7, 11) is 1.52. The van der Waals surface area contributed by atoms with Crippen molar-refractivity contribution in [3.63, 3.8) is 0 Å². The molecule has 1 heterocycles. The van der Waals surface area contributed by atoms with E-state index in [0.717, 1.165) is 5.56 Å². The number of aliphatic carboxylic acids is 1. The van der Waals surface area contributed by atoms with Crippen molar-refractivity contribution in [3.05, 3.63) is 43.3 Å². The van der Waals surface area contributed by atoms with E-state index in [1.54, 1.807) is 24.3 Å². The van der Waals surface area contributed by atoms with E-state index in [-0.39, 0.29) is 12.0 Å². The van der Waals surface area contributed by atoms with Crippen LogP contribution >= 0.6 is 11.3 Å². The minimum Gasteiger partial charge on any atom is -0.493 e. The van der Waals surface area contributed by atoms with Crippen molar-refractivity contribution >= 4 is 30.0 Å². The fourth-order valence-corrected chi connectivity index (χ4v) is 2.69. The molecule has 7 heteroatoms. The molecule has 0 aliphatic heterocycles. The minimum absolute atomic E-state index is 0.0583. The summed E-state index contributed by atoms with van der Waals surface area (Å²) in [6.45, 7) is 4.00. The maximum Gasteiger partial charge on any atom is 0.303 e. The van der Waals surface area contributed by atoms with E-state index in [4.69, 9.17) is 14.6 Å². The number of carboxylic acid groups (broad SMARTS) is 1. The summed E-state index contributed by atoms with van der Waals surface area (Å²) in [6, 6.07) is 5.30. The topological polar surface area (TPSA) is 88.6 Å². The third-order valence-electron chi connectivity index (χ3n) is 2.99. The summed E-state index contributed by atoms with van der Waals surface area (Å²) in [5.74, 6) is 0.210. The average molecular weight is 335 g/mol. The molecule has 0 aliphatic rings. The van der Waals surface area contributed by atoms with Gasteiger partial charge in [-0.1, -0.05) is 12.6 Å². The van der Waals surface area contributed by atoms with Gasteiger partial charge in [0, 0.05) is 6.42 Å². The molecule has 0 atom stereocenters. The third kappa shape index (κ3) is 4.72. The molecule has 0 fully saturated rings. The highest BCUT2D eigenvalue weighted by molar-refractivity contribution is 7.07. The van der Waals surface area contributed by atoms with Gasteiger partial charge in [0.25, 0.3) is 5.56 Å². The van der Waals surface area contributed by atoms with Gasteiger partial charge in [-0.15, -0.1) is 11.3 Å². The van der Waals surface area contributed by atoms with Crippen LogP contribution in [0.1, 0.15) is 18.4 Å². The van der Waals surface area contributed by atoms with Crippen LogP contribution < -0.4 is 24.2 Å². The molecule has 6 nitrogen and oxygen atoms in total. The standard InChI is InChI=1S/C16H17NO5S/c1-10-17-16(20)14(23-10)9-11-5-6-12(13(8-11)21-2)22-7-3-4-15(18)19/h5-6,8-9H,1,3-4,7H2,2H3,(H,17,20)(H,18,19)/b14-9-. The van der Waals surface area contributed by atoms with Gasteiger partial charge in [0.1, 0.15) is 0 Å². The molecule has 1 aromatic heterocycles. The van der Waals surface area contributed by atoms with Crippen LogP contribution in [0.4, 0.5) is 0 Å². The first-order valence-electron chi connectivity index (χ1n) is 6.92. The number of hydrogen-bond donors (Lipinski definition) is 2. The van der Waals surface area contributed by atoms with Crippen molar-refractivity contribution in [1.29, 1.82) is 0 Å². The maximum absolute atomic E-state index is 11.7. The van der Waals surface area contributed by atoms with Gasteiger partial charge >= 0.3 is 5.97 Å². The quantitative estimate of drug-likeness (QED) is 0.735. The lowest BCUT2D eigenvalue weighted by atomic mass is 10.2. The number of carboxylic acids is 1. The lowest BCUT2D eigenvalue weighted by molar-refractivity contribution is -0.137. The Morgan fingerprint density at radius 1 is 1.43 bits per heavy atom. The molecule has 2 aromatic rings. The molecule has 1 aromatic carbocycles. The molecule has 0 bridgehead atoms. The van der Waals surface area contributed by atoms with E-state index >= 15 is 0 Å². The van der Waals surface area contributed by atoms with Crippen LogP contribution in [0, 0.1) is 0 Å². The van der Waals surface area contributed by atoms with Crippen molar-refractivity contribution in [1.82, 2.24) is 4.98 Å². The van der Waals surface area contributed by atoms with Gasteiger partial charge in [-0.25, -0.2) is 0 Å². The second-order valence-electron chi connectivity index (χ2n) is 4.74. The maximum atomic E-state index is 11.7. The number of aromatic nitrogens is 1. The van der Waals surface area contributed by atoms with Crippen molar-refractivity contribution in [2.45, 2.75) is 12.8 Å². The lowest BCUT2D eigenvalue weighted by Gasteiger charge is -2.10. The SMILES string of the molecule is C=c1[nH]c(=O)/c(=C/c2ccc(OCCCC(=O)O)c(OC)c2)s1. The zero-order chi connectivity index (χ0) is 16.8. The van der Waals surface area contributed by atoms with Crippen LogP contribution in [0.2, 0.25) is 0 Å². The Morgan fingerprint density at radius 3 is 2.83 bits per heavy atom. The summed E-state index contributed by atoms with van der Waals surface area (Å²) in [5.41, 5.74) is 0.625. The normalized spacial score (nSPS) is 11.4. The van der Waals surface area contributed by atoms with Crippen molar-refractivity contribution in [2.24, 2.45) is 0 Å².